The number of likely N-dealkylation sites (tertiary alicyclic amines) is 1. The van der Waals surface area contributed by atoms with E-state index in [1.165, 1.54) is 12.1 Å². The van der Waals surface area contributed by atoms with Crippen molar-refractivity contribution in [1.82, 2.24) is 15.0 Å². The second-order valence-electron chi connectivity index (χ2n) is 6.22. The number of anilines is 1. The maximum absolute atomic E-state index is 13.8. The molecule has 0 saturated carbocycles. The summed E-state index contributed by atoms with van der Waals surface area (Å²) in [4.78, 5) is 18.6. The Kier molecular flexibility index (Phi) is 4.77. The van der Waals surface area contributed by atoms with Crippen molar-refractivity contribution in [3.8, 4) is 11.4 Å². The van der Waals surface area contributed by atoms with E-state index in [1.54, 1.807) is 41.3 Å². The Bertz CT molecular complexity index is 960. The first kappa shape index (κ1) is 17.5. The molecule has 1 atom stereocenters. The largest absolute Gasteiger partial charge is 0.337 e. The summed E-state index contributed by atoms with van der Waals surface area (Å²) in [6.07, 6.45) is 1.50. The van der Waals surface area contributed by atoms with Crippen LogP contribution in [0.15, 0.2) is 53.1 Å². The van der Waals surface area contributed by atoms with Crippen LogP contribution in [0.4, 0.5) is 14.9 Å². The molecule has 0 aliphatic carbocycles. The third-order valence-electron chi connectivity index (χ3n) is 4.46. The monoisotopic (exact) mass is 386 g/mol. The van der Waals surface area contributed by atoms with Gasteiger partial charge in [-0.05, 0) is 49.2 Å². The van der Waals surface area contributed by atoms with Gasteiger partial charge in [-0.1, -0.05) is 28.9 Å². The molecule has 0 spiro atoms. The number of rotatable bonds is 3. The number of nitrogens with zero attached hydrogens (tertiary/aromatic N) is 3. The topological polar surface area (TPSA) is 71.3 Å². The average molecular weight is 387 g/mol. The summed E-state index contributed by atoms with van der Waals surface area (Å²) in [5.41, 5.74) is 0.912. The first-order valence-electron chi connectivity index (χ1n) is 8.53. The smallest absolute Gasteiger partial charge is 0.322 e. The van der Waals surface area contributed by atoms with Gasteiger partial charge in [-0.15, -0.1) is 0 Å². The van der Waals surface area contributed by atoms with Gasteiger partial charge in [0.15, 0.2) is 0 Å². The quantitative estimate of drug-likeness (QED) is 0.695. The summed E-state index contributed by atoms with van der Waals surface area (Å²) >= 11 is 5.90. The number of aromatic nitrogens is 2. The van der Waals surface area contributed by atoms with Crippen molar-refractivity contribution in [2.24, 2.45) is 0 Å². The lowest BCUT2D eigenvalue weighted by atomic mass is 10.2. The highest BCUT2D eigenvalue weighted by molar-refractivity contribution is 6.30. The number of urea groups is 1. The van der Waals surface area contributed by atoms with Crippen LogP contribution < -0.4 is 5.32 Å². The fourth-order valence-corrected chi connectivity index (χ4v) is 3.23. The van der Waals surface area contributed by atoms with E-state index in [1.807, 2.05) is 0 Å². The van der Waals surface area contributed by atoms with Gasteiger partial charge in [0, 0.05) is 17.1 Å². The SMILES string of the molecule is O=C(Nc1ccccc1F)N1CCC[C@@H]1c1nc(-c2ccc(Cl)cc2)no1. The molecule has 27 heavy (non-hydrogen) atoms. The minimum atomic E-state index is -0.482. The number of carbonyl (C=O) groups excluding carboxylic acids is 1. The number of hydrogen-bond donors (Lipinski definition) is 1. The van der Waals surface area contributed by atoms with E-state index in [0.29, 0.717) is 29.7 Å². The van der Waals surface area contributed by atoms with Gasteiger partial charge in [0.2, 0.25) is 11.7 Å². The van der Waals surface area contributed by atoms with Crippen LogP contribution in [-0.4, -0.2) is 27.6 Å². The minimum absolute atomic E-state index is 0.139. The number of nitrogens with one attached hydrogen (secondary N) is 1. The van der Waals surface area contributed by atoms with E-state index >= 15 is 0 Å². The zero-order valence-corrected chi connectivity index (χ0v) is 15.0. The molecule has 6 nitrogen and oxygen atoms in total. The third kappa shape index (κ3) is 3.64. The molecule has 0 bridgehead atoms. The molecular weight excluding hydrogens is 371 g/mol. The van der Waals surface area contributed by atoms with Crippen molar-refractivity contribution in [3.05, 3.63) is 65.3 Å². The number of amides is 2. The van der Waals surface area contributed by atoms with E-state index in [0.717, 1.165) is 12.0 Å². The second kappa shape index (κ2) is 7.36. The predicted molar refractivity (Wildman–Crippen MR) is 98.8 cm³/mol. The van der Waals surface area contributed by atoms with Gasteiger partial charge in [-0.25, -0.2) is 9.18 Å². The fourth-order valence-electron chi connectivity index (χ4n) is 3.10. The molecule has 2 aromatic carbocycles. The van der Waals surface area contributed by atoms with Gasteiger partial charge in [0.25, 0.3) is 0 Å². The van der Waals surface area contributed by atoms with Crippen molar-refractivity contribution in [3.63, 3.8) is 0 Å². The lowest BCUT2D eigenvalue weighted by Crippen LogP contribution is -2.34. The lowest BCUT2D eigenvalue weighted by molar-refractivity contribution is 0.193. The van der Waals surface area contributed by atoms with Gasteiger partial charge in [0.1, 0.15) is 11.9 Å². The molecule has 2 heterocycles. The van der Waals surface area contributed by atoms with Crippen LogP contribution in [0, 0.1) is 5.82 Å². The highest BCUT2D eigenvalue weighted by atomic mass is 35.5. The summed E-state index contributed by atoms with van der Waals surface area (Å²) in [6.45, 7) is 0.531. The molecule has 1 fully saturated rings. The highest BCUT2D eigenvalue weighted by Gasteiger charge is 2.34. The molecule has 4 rings (SSSR count). The van der Waals surface area contributed by atoms with E-state index in [-0.39, 0.29) is 11.7 Å². The molecule has 8 heteroatoms. The summed E-state index contributed by atoms with van der Waals surface area (Å²) in [6, 6.07) is 12.4. The van der Waals surface area contributed by atoms with Crippen LogP contribution >= 0.6 is 11.6 Å². The third-order valence-corrected chi connectivity index (χ3v) is 4.71. The Morgan fingerprint density at radius 3 is 2.78 bits per heavy atom. The predicted octanol–water partition coefficient (Wildman–Crippen LogP) is 4.90. The maximum Gasteiger partial charge on any atom is 0.322 e. The van der Waals surface area contributed by atoms with Gasteiger partial charge in [-0.3, -0.25) is 0 Å². The number of carbonyl (C=O) groups is 1. The van der Waals surface area contributed by atoms with Crippen LogP contribution in [0.3, 0.4) is 0 Å². The van der Waals surface area contributed by atoms with Crippen LogP contribution in [-0.2, 0) is 0 Å². The van der Waals surface area contributed by atoms with Crippen LogP contribution in [0.1, 0.15) is 24.8 Å². The Hall–Kier alpha value is -2.93. The normalized spacial score (nSPS) is 16.5. The van der Waals surface area contributed by atoms with Crippen LogP contribution in [0.25, 0.3) is 11.4 Å². The van der Waals surface area contributed by atoms with E-state index in [4.69, 9.17) is 16.1 Å². The Morgan fingerprint density at radius 1 is 1.22 bits per heavy atom. The molecule has 0 radical (unpaired) electrons. The fraction of sp³-hybridized carbons (Fsp3) is 0.211. The maximum atomic E-state index is 13.8. The van der Waals surface area contributed by atoms with Crippen LogP contribution in [0.2, 0.25) is 5.02 Å². The molecule has 1 saturated heterocycles. The zero-order valence-electron chi connectivity index (χ0n) is 14.2. The average Bonchev–Trinajstić information content (AvgIpc) is 3.33. The van der Waals surface area contributed by atoms with Crippen molar-refractivity contribution < 1.29 is 13.7 Å². The van der Waals surface area contributed by atoms with Crippen molar-refractivity contribution in [2.45, 2.75) is 18.9 Å². The Balaban J connectivity index is 1.52. The molecule has 0 unspecified atom stereocenters. The molecule has 1 aromatic heterocycles. The number of para-hydroxylation sites is 1. The van der Waals surface area contributed by atoms with E-state index < -0.39 is 11.8 Å². The minimum Gasteiger partial charge on any atom is -0.337 e. The summed E-state index contributed by atoms with van der Waals surface area (Å²) in [5.74, 6) is 0.313. The van der Waals surface area contributed by atoms with E-state index in [9.17, 15) is 9.18 Å². The Labute approximate surface area is 159 Å². The lowest BCUT2D eigenvalue weighted by Gasteiger charge is -2.22. The number of benzene rings is 2. The van der Waals surface area contributed by atoms with E-state index in [2.05, 4.69) is 15.5 Å². The highest BCUT2D eigenvalue weighted by Crippen LogP contribution is 2.32. The second-order valence-corrected chi connectivity index (χ2v) is 6.66. The first-order valence-corrected chi connectivity index (χ1v) is 8.91. The van der Waals surface area contributed by atoms with Crippen molar-refractivity contribution in [1.29, 1.82) is 0 Å². The number of halogens is 2. The van der Waals surface area contributed by atoms with Crippen molar-refractivity contribution >= 4 is 23.3 Å². The summed E-state index contributed by atoms with van der Waals surface area (Å²) in [7, 11) is 0. The van der Waals surface area contributed by atoms with Gasteiger partial charge >= 0.3 is 6.03 Å². The van der Waals surface area contributed by atoms with Gasteiger partial charge in [0.05, 0.1) is 5.69 Å². The molecule has 1 aliphatic heterocycles. The molecular formula is C19H16ClFN4O2. The zero-order chi connectivity index (χ0) is 18.8. The summed E-state index contributed by atoms with van der Waals surface area (Å²) < 4.78 is 19.2. The molecule has 1 N–H and O–H groups in total. The molecule has 138 valence electrons. The van der Waals surface area contributed by atoms with Gasteiger partial charge in [-0.2, -0.15) is 4.98 Å². The van der Waals surface area contributed by atoms with Gasteiger partial charge < -0.3 is 14.7 Å². The molecule has 1 aliphatic rings. The first-order chi connectivity index (χ1) is 13.1. The molecule has 2 amide bonds. The summed E-state index contributed by atoms with van der Waals surface area (Å²) in [5, 5.41) is 7.23. The van der Waals surface area contributed by atoms with Crippen LogP contribution in [0.5, 0.6) is 0 Å². The number of hydrogen-bond acceptors (Lipinski definition) is 4. The Morgan fingerprint density at radius 2 is 2.00 bits per heavy atom. The standard InChI is InChI=1S/C19H16ClFN4O2/c20-13-9-7-12(8-10-13)17-23-18(27-24-17)16-6-3-11-25(16)19(26)22-15-5-2-1-4-14(15)21/h1-2,4-5,7-10,16H,3,6,11H2,(H,22,26)/t16-/m1/s1. The molecule has 3 aromatic rings. The van der Waals surface area contributed by atoms with Crippen molar-refractivity contribution in [2.75, 3.05) is 11.9 Å².